The molecule has 0 bridgehead atoms. The third-order valence-electron chi connectivity index (χ3n) is 3.41. The number of rotatable bonds is 2. The standard InChI is InChI=1S/C11H21N3/c1-5-13-11(8-12)6-9(2)14(4)10(3)7-11/h9-10,13H,5-7H2,1-4H3. The average molecular weight is 195 g/mol. The Hall–Kier alpha value is -0.590. The maximum atomic E-state index is 9.26. The van der Waals surface area contributed by atoms with Crippen molar-refractivity contribution in [2.24, 2.45) is 0 Å². The molecule has 0 saturated carbocycles. The molecule has 2 atom stereocenters. The first-order valence-electron chi connectivity index (χ1n) is 5.43. The van der Waals surface area contributed by atoms with E-state index in [4.69, 9.17) is 0 Å². The molecule has 1 N–H and O–H groups in total. The van der Waals surface area contributed by atoms with Crippen LogP contribution >= 0.6 is 0 Å². The van der Waals surface area contributed by atoms with Crippen LogP contribution in [0.4, 0.5) is 0 Å². The fraction of sp³-hybridized carbons (Fsp3) is 0.909. The van der Waals surface area contributed by atoms with E-state index >= 15 is 0 Å². The fourth-order valence-corrected chi connectivity index (χ4v) is 2.43. The molecule has 1 heterocycles. The summed E-state index contributed by atoms with van der Waals surface area (Å²) in [5.74, 6) is 0. The Morgan fingerprint density at radius 2 is 1.93 bits per heavy atom. The molecule has 3 nitrogen and oxygen atoms in total. The molecule has 0 amide bonds. The summed E-state index contributed by atoms with van der Waals surface area (Å²) >= 11 is 0. The smallest absolute Gasteiger partial charge is 0.109 e. The molecule has 1 fully saturated rings. The first-order valence-corrected chi connectivity index (χ1v) is 5.43. The second-order valence-corrected chi connectivity index (χ2v) is 4.50. The van der Waals surface area contributed by atoms with E-state index < -0.39 is 0 Å². The molecule has 2 unspecified atom stereocenters. The summed E-state index contributed by atoms with van der Waals surface area (Å²) in [6.45, 7) is 7.32. The van der Waals surface area contributed by atoms with Gasteiger partial charge in [0.1, 0.15) is 5.54 Å². The van der Waals surface area contributed by atoms with E-state index in [0.717, 1.165) is 19.4 Å². The van der Waals surface area contributed by atoms with Gasteiger partial charge in [0, 0.05) is 12.1 Å². The highest BCUT2D eigenvalue weighted by atomic mass is 15.2. The van der Waals surface area contributed by atoms with Gasteiger partial charge in [0.2, 0.25) is 0 Å². The van der Waals surface area contributed by atoms with Crippen LogP contribution in [0.15, 0.2) is 0 Å². The van der Waals surface area contributed by atoms with E-state index in [-0.39, 0.29) is 5.54 Å². The fourth-order valence-electron chi connectivity index (χ4n) is 2.43. The van der Waals surface area contributed by atoms with Gasteiger partial charge in [-0.15, -0.1) is 0 Å². The van der Waals surface area contributed by atoms with E-state index in [9.17, 15) is 5.26 Å². The summed E-state index contributed by atoms with van der Waals surface area (Å²) in [6, 6.07) is 3.43. The van der Waals surface area contributed by atoms with Gasteiger partial charge in [-0.3, -0.25) is 5.32 Å². The van der Waals surface area contributed by atoms with Crippen molar-refractivity contribution in [2.75, 3.05) is 13.6 Å². The number of nitrogens with zero attached hydrogens (tertiary/aromatic N) is 2. The maximum Gasteiger partial charge on any atom is 0.109 e. The van der Waals surface area contributed by atoms with E-state index in [1.54, 1.807) is 0 Å². The first-order chi connectivity index (χ1) is 6.54. The third-order valence-corrected chi connectivity index (χ3v) is 3.41. The summed E-state index contributed by atoms with van der Waals surface area (Å²) in [4.78, 5) is 2.35. The predicted molar refractivity (Wildman–Crippen MR) is 57.9 cm³/mol. The van der Waals surface area contributed by atoms with Crippen molar-refractivity contribution in [3.8, 4) is 6.07 Å². The second kappa shape index (κ2) is 4.29. The lowest BCUT2D eigenvalue weighted by Gasteiger charge is -2.44. The zero-order valence-electron chi connectivity index (χ0n) is 9.67. The van der Waals surface area contributed by atoms with Crippen molar-refractivity contribution in [2.45, 2.75) is 51.2 Å². The molecule has 80 valence electrons. The summed E-state index contributed by atoms with van der Waals surface area (Å²) in [5, 5.41) is 12.6. The lowest BCUT2D eigenvalue weighted by Crippen LogP contribution is -2.57. The molecular weight excluding hydrogens is 174 g/mol. The number of nitrogens with one attached hydrogen (secondary N) is 1. The lowest BCUT2D eigenvalue weighted by molar-refractivity contribution is 0.0870. The second-order valence-electron chi connectivity index (χ2n) is 4.50. The van der Waals surface area contributed by atoms with Crippen LogP contribution < -0.4 is 5.32 Å². The Balaban J connectivity index is 2.77. The summed E-state index contributed by atoms with van der Waals surface area (Å²) in [5.41, 5.74) is -0.292. The van der Waals surface area contributed by atoms with Crippen molar-refractivity contribution in [3.63, 3.8) is 0 Å². The molecule has 0 radical (unpaired) electrons. The molecule has 0 aromatic rings. The van der Waals surface area contributed by atoms with Gasteiger partial charge in [0.25, 0.3) is 0 Å². The summed E-state index contributed by atoms with van der Waals surface area (Å²) < 4.78 is 0. The quantitative estimate of drug-likeness (QED) is 0.723. The predicted octanol–water partition coefficient (Wildman–Crippen LogP) is 1.36. The van der Waals surface area contributed by atoms with Gasteiger partial charge in [0.15, 0.2) is 0 Å². The lowest BCUT2D eigenvalue weighted by atomic mass is 9.81. The van der Waals surface area contributed by atoms with Gasteiger partial charge in [-0.25, -0.2) is 0 Å². The molecule has 0 aliphatic carbocycles. The van der Waals surface area contributed by atoms with Gasteiger partial charge < -0.3 is 4.90 Å². The van der Waals surface area contributed by atoms with Gasteiger partial charge in [-0.05, 0) is 40.3 Å². The zero-order chi connectivity index (χ0) is 10.8. The minimum Gasteiger partial charge on any atom is -0.301 e. The molecule has 1 rings (SSSR count). The molecule has 1 aliphatic heterocycles. The van der Waals surface area contributed by atoms with Crippen LogP contribution in [0.3, 0.4) is 0 Å². The number of nitriles is 1. The average Bonchev–Trinajstić information content (AvgIpc) is 2.15. The Kier molecular flexibility index (Phi) is 3.52. The van der Waals surface area contributed by atoms with E-state index in [1.807, 2.05) is 0 Å². The topological polar surface area (TPSA) is 39.1 Å². The van der Waals surface area contributed by atoms with Crippen LogP contribution in [0, 0.1) is 11.3 Å². The van der Waals surface area contributed by atoms with Crippen LogP contribution in [0.5, 0.6) is 0 Å². The molecular formula is C11H21N3. The Labute approximate surface area is 87.1 Å². The third kappa shape index (κ3) is 2.08. The summed E-state index contributed by atoms with van der Waals surface area (Å²) in [7, 11) is 2.14. The zero-order valence-corrected chi connectivity index (χ0v) is 9.67. The Bertz CT molecular complexity index is 219. The highest BCUT2D eigenvalue weighted by Gasteiger charge is 2.39. The molecule has 3 heteroatoms. The monoisotopic (exact) mass is 195 g/mol. The highest BCUT2D eigenvalue weighted by molar-refractivity contribution is 5.12. The normalized spacial score (nSPS) is 39.4. The number of hydrogen-bond donors (Lipinski definition) is 1. The van der Waals surface area contributed by atoms with Gasteiger partial charge in [0.05, 0.1) is 6.07 Å². The Morgan fingerprint density at radius 1 is 1.43 bits per heavy atom. The van der Waals surface area contributed by atoms with Crippen LogP contribution in [-0.4, -0.2) is 36.1 Å². The number of likely N-dealkylation sites (tertiary alicyclic amines) is 1. The highest BCUT2D eigenvalue weighted by Crippen LogP contribution is 2.29. The maximum absolute atomic E-state index is 9.26. The van der Waals surface area contributed by atoms with Crippen LogP contribution in [0.2, 0.25) is 0 Å². The number of piperidine rings is 1. The molecule has 1 saturated heterocycles. The number of hydrogen-bond acceptors (Lipinski definition) is 3. The van der Waals surface area contributed by atoms with E-state index in [0.29, 0.717) is 12.1 Å². The first kappa shape index (κ1) is 11.5. The molecule has 0 aromatic heterocycles. The summed E-state index contributed by atoms with van der Waals surface area (Å²) in [6.07, 6.45) is 1.86. The van der Waals surface area contributed by atoms with Crippen molar-refractivity contribution < 1.29 is 0 Å². The molecule has 0 aromatic carbocycles. The molecule has 1 aliphatic rings. The van der Waals surface area contributed by atoms with E-state index in [2.05, 4.69) is 44.1 Å². The SMILES string of the molecule is CCNC1(C#N)CC(C)N(C)C(C)C1. The van der Waals surface area contributed by atoms with Gasteiger partial charge >= 0.3 is 0 Å². The molecule has 14 heavy (non-hydrogen) atoms. The van der Waals surface area contributed by atoms with Crippen LogP contribution in [-0.2, 0) is 0 Å². The minimum atomic E-state index is -0.292. The van der Waals surface area contributed by atoms with Crippen molar-refractivity contribution in [1.29, 1.82) is 5.26 Å². The van der Waals surface area contributed by atoms with Crippen molar-refractivity contribution in [3.05, 3.63) is 0 Å². The minimum absolute atomic E-state index is 0.292. The Morgan fingerprint density at radius 3 is 2.29 bits per heavy atom. The van der Waals surface area contributed by atoms with Gasteiger partial charge in [-0.1, -0.05) is 6.92 Å². The van der Waals surface area contributed by atoms with Crippen molar-refractivity contribution >= 4 is 0 Å². The van der Waals surface area contributed by atoms with Crippen LogP contribution in [0.1, 0.15) is 33.6 Å². The van der Waals surface area contributed by atoms with Crippen molar-refractivity contribution in [1.82, 2.24) is 10.2 Å². The largest absolute Gasteiger partial charge is 0.301 e. The van der Waals surface area contributed by atoms with Crippen LogP contribution in [0.25, 0.3) is 0 Å². The van der Waals surface area contributed by atoms with E-state index in [1.165, 1.54) is 0 Å². The van der Waals surface area contributed by atoms with Gasteiger partial charge in [-0.2, -0.15) is 5.26 Å². The molecule has 0 spiro atoms.